The number of piperidine rings is 1. The highest BCUT2D eigenvalue weighted by Crippen LogP contribution is 2.24. The van der Waals surface area contributed by atoms with Gasteiger partial charge in [-0.25, -0.2) is 0 Å². The third-order valence-electron chi connectivity index (χ3n) is 4.60. The van der Waals surface area contributed by atoms with Crippen molar-refractivity contribution in [1.29, 1.82) is 0 Å². The van der Waals surface area contributed by atoms with Gasteiger partial charge in [0.05, 0.1) is 0 Å². The molecule has 1 aliphatic rings. The zero-order chi connectivity index (χ0) is 14.8. The molecule has 0 amide bonds. The van der Waals surface area contributed by atoms with Gasteiger partial charge in [0.2, 0.25) is 0 Å². The maximum absolute atomic E-state index is 6.00. The van der Waals surface area contributed by atoms with Gasteiger partial charge >= 0.3 is 0 Å². The van der Waals surface area contributed by atoms with Crippen LogP contribution in [0.1, 0.15) is 51.7 Å². The summed E-state index contributed by atoms with van der Waals surface area (Å²) in [6.07, 6.45) is 2.50. The molecule has 0 radical (unpaired) electrons. The van der Waals surface area contributed by atoms with Gasteiger partial charge in [-0.2, -0.15) is 0 Å². The van der Waals surface area contributed by atoms with E-state index in [9.17, 15) is 0 Å². The van der Waals surface area contributed by atoms with Gasteiger partial charge in [0, 0.05) is 12.6 Å². The van der Waals surface area contributed by atoms with Crippen molar-refractivity contribution in [3.05, 3.63) is 35.4 Å². The molecule has 1 fully saturated rings. The maximum atomic E-state index is 6.00. The first-order valence-corrected chi connectivity index (χ1v) is 7.93. The Labute approximate surface area is 124 Å². The topological polar surface area (TPSA) is 29.3 Å². The lowest BCUT2D eigenvalue weighted by atomic mass is 9.86. The number of benzene rings is 1. The highest BCUT2D eigenvalue weighted by molar-refractivity contribution is 5.27. The molecule has 2 nitrogen and oxygen atoms in total. The number of likely N-dealkylation sites (tertiary alicyclic amines) is 1. The molecule has 1 unspecified atom stereocenters. The number of hydrogen-bond acceptors (Lipinski definition) is 2. The standard InChI is InChI=1S/C18H30N2/c1-14(19)16-9-11-20(12-10-16)13-15-5-7-17(8-6-15)18(2,3)4/h5-8,14,16H,9-13,19H2,1-4H3. The third kappa shape index (κ3) is 4.07. The minimum Gasteiger partial charge on any atom is -0.328 e. The summed E-state index contributed by atoms with van der Waals surface area (Å²) >= 11 is 0. The van der Waals surface area contributed by atoms with Crippen molar-refractivity contribution >= 4 is 0 Å². The van der Waals surface area contributed by atoms with Crippen molar-refractivity contribution in [2.45, 2.75) is 58.5 Å². The van der Waals surface area contributed by atoms with Gasteiger partial charge in [0.15, 0.2) is 0 Å². The normalized spacial score (nSPS) is 20.1. The zero-order valence-electron chi connectivity index (χ0n) is 13.5. The fraction of sp³-hybridized carbons (Fsp3) is 0.667. The summed E-state index contributed by atoms with van der Waals surface area (Å²) in [6.45, 7) is 12.4. The Kier molecular flexibility index (Phi) is 4.87. The molecule has 20 heavy (non-hydrogen) atoms. The lowest BCUT2D eigenvalue weighted by Gasteiger charge is -2.33. The van der Waals surface area contributed by atoms with Gasteiger partial charge in [-0.1, -0.05) is 45.0 Å². The van der Waals surface area contributed by atoms with Crippen molar-refractivity contribution in [2.75, 3.05) is 13.1 Å². The molecule has 0 bridgehead atoms. The van der Waals surface area contributed by atoms with Gasteiger partial charge in [0.25, 0.3) is 0 Å². The Morgan fingerprint density at radius 1 is 1.15 bits per heavy atom. The number of nitrogens with zero attached hydrogens (tertiary/aromatic N) is 1. The van der Waals surface area contributed by atoms with Crippen LogP contribution in [0.3, 0.4) is 0 Å². The van der Waals surface area contributed by atoms with E-state index in [1.165, 1.54) is 37.1 Å². The lowest BCUT2D eigenvalue weighted by Crippen LogP contribution is -2.39. The summed E-state index contributed by atoms with van der Waals surface area (Å²) < 4.78 is 0. The fourth-order valence-corrected chi connectivity index (χ4v) is 3.01. The number of hydrogen-bond donors (Lipinski definition) is 1. The van der Waals surface area contributed by atoms with Crippen LogP contribution < -0.4 is 5.73 Å². The third-order valence-corrected chi connectivity index (χ3v) is 4.60. The number of rotatable bonds is 3. The molecule has 1 atom stereocenters. The van der Waals surface area contributed by atoms with Crippen molar-refractivity contribution in [3.8, 4) is 0 Å². The predicted octanol–water partition coefficient (Wildman–Crippen LogP) is 3.54. The van der Waals surface area contributed by atoms with Gasteiger partial charge in [-0.05, 0) is 55.3 Å². The van der Waals surface area contributed by atoms with Crippen LogP contribution >= 0.6 is 0 Å². The average molecular weight is 274 g/mol. The van der Waals surface area contributed by atoms with Crippen molar-refractivity contribution < 1.29 is 0 Å². The van der Waals surface area contributed by atoms with Crippen LogP contribution in [0, 0.1) is 5.92 Å². The molecule has 1 aliphatic heterocycles. The molecule has 1 heterocycles. The van der Waals surface area contributed by atoms with E-state index in [4.69, 9.17) is 5.73 Å². The molecule has 0 aromatic heterocycles. The van der Waals surface area contributed by atoms with Crippen molar-refractivity contribution in [1.82, 2.24) is 4.90 Å². The van der Waals surface area contributed by atoms with Crippen LogP contribution in [0.4, 0.5) is 0 Å². The van der Waals surface area contributed by atoms with Crippen LogP contribution in [-0.4, -0.2) is 24.0 Å². The monoisotopic (exact) mass is 274 g/mol. The summed E-state index contributed by atoms with van der Waals surface area (Å²) in [5, 5.41) is 0. The molecule has 1 saturated heterocycles. The Hall–Kier alpha value is -0.860. The Morgan fingerprint density at radius 2 is 1.70 bits per heavy atom. The molecule has 1 aromatic carbocycles. The average Bonchev–Trinajstić information content (AvgIpc) is 2.39. The SMILES string of the molecule is CC(N)C1CCN(Cc2ccc(C(C)(C)C)cc2)CC1. The quantitative estimate of drug-likeness (QED) is 0.913. The Morgan fingerprint density at radius 3 is 2.15 bits per heavy atom. The first kappa shape index (κ1) is 15.5. The Bertz CT molecular complexity index is 406. The summed E-state index contributed by atoms with van der Waals surface area (Å²) in [6, 6.07) is 9.49. The highest BCUT2D eigenvalue weighted by atomic mass is 15.1. The van der Waals surface area contributed by atoms with E-state index >= 15 is 0 Å². The van der Waals surface area contributed by atoms with Gasteiger partial charge in [-0.3, -0.25) is 4.90 Å². The largest absolute Gasteiger partial charge is 0.328 e. The van der Waals surface area contributed by atoms with Crippen LogP contribution in [0.5, 0.6) is 0 Å². The molecule has 1 aromatic rings. The first-order chi connectivity index (χ1) is 9.36. The summed E-state index contributed by atoms with van der Waals surface area (Å²) in [4.78, 5) is 2.56. The summed E-state index contributed by atoms with van der Waals surface area (Å²) in [5.41, 5.74) is 9.09. The highest BCUT2D eigenvalue weighted by Gasteiger charge is 2.21. The van der Waals surface area contributed by atoms with Crippen LogP contribution in [0.2, 0.25) is 0 Å². The van der Waals surface area contributed by atoms with E-state index in [-0.39, 0.29) is 5.41 Å². The summed E-state index contributed by atoms with van der Waals surface area (Å²) in [5.74, 6) is 0.717. The molecular formula is C18H30N2. The molecule has 2 rings (SSSR count). The second-order valence-corrected chi connectivity index (χ2v) is 7.42. The molecule has 2 N–H and O–H groups in total. The van der Waals surface area contributed by atoms with E-state index < -0.39 is 0 Å². The van der Waals surface area contributed by atoms with Crippen molar-refractivity contribution in [2.24, 2.45) is 11.7 Å². The number of nitrogens with two attached hydrogens (primary N) is 1. The molecule has 0 saturated carbocycles. The second-order valence-electron chi connectivity index (χ2n) is 7.42. The van der Waals surface area contributed by atoms with Crippen LogP contribution in [0.15, 0.2) is 24.3 Å². The smallest absolute Gasteiger partial charge is 0.0233 e. The van der Waals surface area contributed by atoms with Crippen LogP contribution in [0.25, 0.3) is 0 Å². The minimum absolute atomic E-state index is 0.244. The van der Waals surface area contributed by atoms with E-state index in [1.807, 2.05) is 0 Å². The van der Waals surface area contributed by atoms with Gasteiger partial charge in [0.1, 0.15) is 0 Å². The van der Waals surface area contributed by atoms with Crippen molar-refractivity contribution in [3.63, 3.8) is 0 Å². The van der Waals surface area contributed by atoms with E-state index in [0.717, 1.165) is 12.5 Å². The lowest BCUT2D eigenvalue weighted by molar-refractivity contribution is 0.165. The fourth-order valence-electron chi connectivity index (χ4n) is 3.01. The molecular weight excluding hydrogens is 244 g/mol. The van der Waals surface area contributed by atoms with E-state index in [2.05, 4.69) is 56.9 Å². The molecule has 112 valence electrons. The van der Waals surface area contributed by atoms with E-state index in [0.29, 0.717) is 6.04 Å². The summed E-state index contributed by atoms with van der Waals surface area (Å²) in [7, 11) is 0. The molecule has 0 aliphatic carbocycles. The molecule has 2 heteroatoms. The minimum atomic E-state index is 0.244. The molecule has 0 spiro atoms. The zero-order valence-corrected chi connectivity index (χ0v) is 13.5. The van der Waals surface area contributed by atoms with Gasteiger partial charge < -0.3 is 5.73 Å². The van der Waals surface area contributed by atoms with Crippen LogP contribution in [-0.2, 0) is 12.0 Å². The maximum Gasteiger partial charge on any atom is 0.0233 e. The van der Waals surface area contributed by atoms with E-state index in [1.54, 1.807) is 0 Å². The Balaban J connectivity index is 1.89. The predicted molar refractivity (Wildman–Crippen MR) is 86.8 cm³/mol. The second kappa shape index (κ2) is 6.28. The van der Waals surface area contributed by atoms with Gasteiger partial charge in [-0.15, -0.1) is 0 Å². The first-order valence-electron chi connectivity index (χ1n) is 7.93.